The SMILES string of the molecule is FCc1c(Br)c(Br)cc(Br)c1Br. The molecular weight excluding hydrogens is 423 g/mol. The van der Waals surface area contributed by atoms with E-state index in [2.05, 4.69) is 63.7 Å². The number of hydrogen-bond acceptors (Lipinski definition) is 0. The second-order valence-electron chi connectivity index (χ2n) is 2.08. The third-order valence-electron chi connectivity index (χ3n) is 1.34. The van der Waals surface area contributed by atoms with Gasteiger partial charge in [0.1, 0.15) is 6.67 Å². The Kier molecular flexibility index (Phi) is 4.21. The lowest BCUT2D eigenvalue weighted by Crippen LogP contribution is -1.86. The molecule has 0 aromatic heterocycles. The zero-order valence-corrected chi connectivity index (χ0v) is 12.0. The van der Waals surface area contributed by atoms with E-state index in [-0.39, 0.29) is 0 Å². The van der Waals surface area contributed by atoms with E-state index in [9.17, 15) is 4.39 Å². The zero-order valence-electron chi connectivity index (χ0n) is 5.67. The molecule has 0 amide bonds. The van der Waals surface area contributed by atoms with Gasteiger partial charge in [0.15, 0.2) is 0 Å². The molecule has 1 aromatic rings. The molecule has 0 atom stereocenters. The van der Waals surface area contributed by atoms with Crippen LogP contribution >= 0.6 is 63.7 Å². The first kappa shape index (κ1) is 11.1. The van der Waals surface area contributed by atoms with Gasteiger partial charge in [-0.05, 0) is 69.8 Å². The Bertz CT molecular complexity index is 285. The van der Waals surface area contributed by atoms with Crippen LogP contribution in [0.25, 0.3) is 0 Å². The molecule has 0 spiro atoms. The van der Waals surface area contributed by atoms with Gasteiger partial charge in [0.05, 0.1) is 0 Å². The summed E-state index contributed by atoms with van der Waals surface area (Å²) in [5.74, 6) is 0. The van der Waals surface area contributed by atoms with Crippen molar-refractivity contribution in [2.45, 2.75) is 6.67 Å². The normalized spacial score (nSPS) is 10.4. The van der Waals surface area contributed by atoms with Crippen molar-refractivity contribution in [2.24, 2.45) is 0 Å². The van der Waals surface area contributed by atoms with Crippen LogP contribution in [0.3, 0.4) is 0 Å². The highest BCUT2D eigenvalue weighted by Crippen LogP contribution is 2.38. The van der Waals surface area contributed by atoms with E-state index in [1.165, 1.54) is 0 Å². The lowest BCUT2D eigenvalue weighted by molar-refractivity contribution is 0.482. The Hall–Kier alpha value is 1.07. The third-order valence-corrected chi connectivity index (χ3v) is 5.46. The molecular formula is C7H3Br4F. The van der Waals surface area contributed by atoms with Crippen molar-refractivity contribution >= 4 is 63.7 Å². The molecule has 0 unspecified atom stereocenters. The minimum absolute atomic E-state index is 0.501. The molecule has 5 heteroatoms. The average molecular weight is 426 g/mol. The molecule has 1 rings (SSSR count). The average Bonchev–Trinajstić information content (AvgIpc) is 2.02. The van der Waals surface area contributed by atoms with E-state index < -0.39 is 6.67 Å². The van der Waals surface area contributed by atoms with Gasteiger partial charge in [-0.3, -0.25) is 0 Å². The van der Waals surface area contributed by atoms with E-state index in [0.717, 1.165) is 17.9 Å². The maximum Gasteiger partial charge on any atom is 0.117 e. The van der Waals surface area contributed by atoms with Gasteiger partial charge >= 0.3 is 0 Å². The topological polar surface area (TPSA) is 0 Å². The standard InChI is InChI=1S/C7H3Br4F/c8-4-1-5(9)7(11)3(2-12)6(4)10/h1H,2H2. The smallest absolute Gasteiger partial charge is 0.117 e. The van der Waals surface area contributed by atoms with Crippen molar-refractivity contribution in [1.29, 1.82) is 0 Å². The molecule has 12 heavy (non-hydrogen) atoms. The molecule has 0 saturated heterocycles. The predicted octanol–water partition coefficient (Wildman–Crippen LogP) is 5.21. The molecule has 0 heterocycles. The van der Waals surface area contributed by atoms with Gasteiger partial charge in [0.2, 0.25) is 0 Å². The summed E-state index contributed by atoms with van der Waals surface area (Å²) in [7, 11) is 0. The molecule has 0 nitrogen and oxygen atoms in total. The highest BCUT2D eigenvalue weighted by Gasteiger charge is 2.11. The number of hydrogen-bond donors (Lipinski definition) is 0. The molecule has 0 aliphatic rings. The molecule has 0 aliphatic carbocycles. The molecule has 0 saturated carbocycles. The van der Waals surface area contributed by atoms with Gasteiger partial charge in [-0.1, -0.05) is 0 Å². The summed E-state index contributed by atoms with van der Waals surface area (Å²) >= 11 is 13.2. The first-order valence-electron chi connectivity index (χ1n) is 2.95. The first-order chi connectivity index (χ1) is 5.57. The maximum absolute atomic E-state index is 12.5. The Morgan fingerprint density at radius 3 is 1.75 bits per heavy atom. The fourth-order valence-corrected chi connectivity index (χ4v) is 3.09. The van der Waals surface area contributed by atoms with Gasteiger partial charge in [0, 0.05) is 23.5 Å². The summed E-state index contributed by atoms with van der Waals surface area (Å²) in [6, 6.07) is 1.85. The predicted molar refractivity (Wildman–Crippen MR) is 62.1 cm³/mol. The van der Waals surface area contributed by atoms with Crippen LogP contribution in [0.2, 0.25) is 0 Å². The van der Waals surface area contributed by atoms with Crippen LogP contribution < -0.4 is 0 Å². The second kappa shape index (κ2) is 4.53. The molecule has 0 N–H and O–H groups in total. The van der Waals surface area contributed by atoms with Gasteiger partial charge in [-0.2, -0.15) is 0 Å². The Balaban J connectivity index is 3.42. The second-order valence-corrected chi connectivity index (χ2v) is 5.38. The number of alkyl halides is 1. The Morgan fingerprint density at radius 2 is 1.42 bits per heavy atom. The fourth-order valence-electron chi connectivity index (χ4n) is 0.740. The van der Waals surface area contributed by atoms with E-state index >= 15 is 0 Å². The van der Waals surface area contributed by atoms with Crippen molar-refractivity contribution in [3.05, 3.63) is 29.5 Å². The number of rotatable bonds is 1. The largest absolute Gasteiger partial charge is 0.246 e. The third kappa shape index (κ3) is 2.11. The van der Waals surface area contributed by atoms with Crippen LogP contribution in [0.5, 0.6) is 0 Å². The van der Waals surface area contributed by atoms with E-state index in [1.54, 1.807) is 0 Å². The maximum atomic E-state index is 12.5. The van der Waals surface area contributed by atoms with E-state index in [4.69, 9.17) is 0 Å². The summed E-state index contributed by atoms with van der Waals surface area (Å²) in [4.78, 5) is 0. The number of benzene rings is 1. The van der Waals surface area contributed by atoms with Crippen LogP contribution in [0, 0.1) is 0 Å². The van der Waals surface area contributed by atoms with Crippen LogP contribution in [0.1, 0.15) is 5.56 Å². The molecule has 0 fully saturated rings. The lowest BCUT2D eigenvalue weighted by atomic mass is 10.2. The summed E-state index contributed by atoms with van der Waals surface area (Å²) in [6.45, 7) is -0.501. The van der Waals surface area contributed by atoms with Gasteiger partial charge < -0.3 is 0 Å². The van der Waals surface area contributed by atoms with Gasteiger partial charge in [-0.25, -0.2) is 4.39 Å². The lowest BCUT2D eigenvalue weighted by Gasteiger charge is -2.07. The summed E-state index contributed by atoms with van der Waals surface area (Å²) < 4.78 is 15.7. The minimum atomic E-state index is -0.501. The first-order valence-corrected chi connectivity index (χ1v) is 6.13. The van der Waals surface area contributed by atoms with Gasteiger partial charge in [-0.15, -0.1) is 0 Å². The quantitative estimate of drug-likeness (QED) is 0.542. The highest BCUT2D eigenvalue weighted by molar-refractivity contribution is 9.14. The molecule has 1 aromatic carbocycles. The monoisotopic (exact) mass is 422 g/mol. The van der Waals surface area contributed by atoms with Crippen molar-refractivity contribution in [3.8, 4) is 0 Å². The molecule has 0 bridgehead atoms. The van der Waals surface area contributed by atoms with Crippen molar-refractivity contribution < 1.29 is 4.39 Å². The minimum Gasteiger partial charge on any atom is -0.246 e. The van der Waals surface area contributed by atoms with Crippen molar-refractivity contribution in [3.63, 3.8) is 0 Å². The van der Waals surface area contributed by atoms with Gasteiger partial charge in [0.25, 0.3) is 0 Å². The van der Waals surface area contributed by atoms with Crippen molar-refractivity contribution in [1.82, 2.24) is 0 Å². The molecule has 0 radical (unpaired) electrons. The van der Waals surface area contributed by atoms with Crippen LogP contribution in [-0.2, 0) is 6.67 Å². The molecule has 0 aliphatic heterocycles. The highest BCUT2D eigenvalue weighted by atomic mass is 79.9. The Labute approximate surface area is 103 Å². The van der Waals surface area contributed by atoms with E-state index in [1.807, 2.05) is 6.07 Å². The molecule has 66 valence electrons. The summed E-state index contributed by atoms with van der Waals surface area (Å²) in [5, 5.41) is 0. The zero-order chi connectivity index (χ0) is 9.30. The Morgan fingerprint density at radius 1 is 1.00 bits per heavy atom. The van der Waals surface area contributed by atoms with Crippen molar-refractivity contribution in [2.75, 3.05) is 0 Å². The fraction of sp³-hybridized carbons (Fsp3) is 0.143. The number of halogens is 5. The van der Waals surface area contributed by atoms with Crippen LogP contribution in [0.15, 0.2) is 24.0 Å². The summed E-state index contributed by atoms with van der Waals surface area (Å²) in [6.07, 6.45) is 0. The van der Waals surface area contributed by atoms with Crippen LogP contribution in [-0.4, -0.2) is 0 Å². The summed E-state index contributed by atoms with van der Waals surface area (Å²) in [5.41, 5.74) is 0.608. The van der Waals surface area contributed by atoms with Crippen LogP contribution in [0.4, 0.5) is 4.39 Å². The van der Waals surface area contributed by atoms with E-state index in [0.29, 0.717) is 5.56 Å².